The molecule has 0 saturated carbocycles. The van der Waals surface area contributed by atoms with Crippen LogP contribution in [0.25, 0.3) is 0 Å². The highest BCUT2D eigenvalue weighted by atomic mass is 127. The summed E-state index contributed by atoms with van der Waals surface area (Å²) in [5.41, 5.74) is 3.46. The van der Waals surface area contributed by atoms with Crippen LogP contribution in [0.2, 0.25) is 5.15 Å². The Morgan fingerprint density at radius 1 is 1.50 bits per heavy atom. The number of methoxy groups -OCH3 is 1. The molecule has 26 heavy (non-hydrogen) atoms. The van der Waals surface area contributed by atoms with Gasteiger partial charge < -0.3 is 9.47 Å². The average Bonchev–Trinajstić information content (AvgIpc) is 2.63. The number of aromatic nitrogens is 1. The maximum absolute atomic E-state index is 12.1. The molecule has 138 valence electrons. The van der Waals surface area contributed by atoms with Gasteiger partial charge >= 0.3 is 0 Å². The van der Waals surface area contributed by atoms with Gasteiger partial charge in [0, 0.05) is 6.20 Å². The third kappa shape index (κ3) is 5.31. The van der Waals surface area contributed by atoms with E-state index >= 15 is 0 Å². The number of rotatable bonds is 7. The molecule has 0 bridgehead atoms. The molecule has 0 aliphatic carbocycles. The first kappa shape index (κ1) is 20.4. The number of hydrogen-bond acceptors (Lipinski definition) is 5. The number of amides is 1. The van der Waals surface area contributed by atoms with Gasteiger partial charge in [-0.05, 0) is 65.8 Å². The molecule has 2 aromatic rings. The molecule has 0 spiro atoms. The van der Waals surface area contributed by atoms with Crippen molar-refractivity contribution in [2.75, 3.05) is 7.11 Å². The van der Waals surface area contributed by atoms with E-state index in [1.165, 1.54) is 12.4 Å². The van der Waals surface area contributed by atoms with E-state index in [0.717, 1.165) is 15.6 Å². The van der Waals surface area contributed by atoms with Crippen molar-refractivity contribution in [3.05, 3.63) is 50.3 Å². The summed E-state index contributed by atoms with van der Waals surface area (Å²) in [6.07, 6.45) is 4.02. The van der Waals surface area contributed by atoms with E-state index in [4.69, 9.17) is 21.1 Å². The van der Waals surface area contributed by atoms with Crippen LogP contribution in [0.3, 0.4) is 0 Å². The lowest BCUT2D eigenvalue weighted by Gasteiger charge is -2.17. The number of pyridine rings is 1. The van der Waals surface area contributed by atoms with Crippen LogP contribution in [0, 0.1) is 3.57 Å². The lowest BCUT2D eigenvalue weighted by Crippen LogP contribution is -2.18. The normalized spacial score (nSPS) is 12.0. The first-order chi connectivity index (χ1) is 12.5. The molecule has 2 rings (SSSR count). The summed E-state index contributed by atoms with van der Waals surface area (Å²) < 4.78 is 12.2. The van der Waals surface area contributed by atoms with Gasteiger partial charge in [-0.15, -0.1) is 0 Å². The van der Waals surface area contributed by atoms with Crippen molar-refractivity contribution in [3.8, 4) is 11.5 Å². The Labute approximate surface area is 171 Å². The molecule has 0 aliphatic heterocycles. The van der Waals surface area contributed by atoms with Crippen molar-refractivity contribution in [3.63, 3.8) is 0 Å². The van der Waals surface area contributed by atoms with Crippen LogP contribution in [-0.4, -0.2) is 30.3 Å². The van der Waals surface area contributed by atoms with Crippen LogP contribution in [0.4, 0.5) is 0 Å². The van der Waals surface area contributed by atoms with Gasteiger partial charge in [-0.3, -0.25) is 4.79 Å². The van der Waals surface area contributed by atoms with Gasteiger partial charge in [0.15, 0.2) is 11.5 Å². The molecule has 0 radical (unpaired) electrons. The highest BCUT2D eigenvalue weighted by Crippen LogP contribution is 2.34. The number of carbonyl (C=O) groups is 1. The Balaban J connectivity index is 2.14. The highest BCUT2D eigenvalue weighted by molar-refractivity contribution is 14.1. The summed E-state index contributed by atoms with van der Waals surface area (Å²) in [5, 5.41) is 4.10. The first-order valence-electron chi connectivity index (χ1n) is 7.94. The van der Waals surface area contributed by atoms with Crippen molar-refractivity contribution in [1.29, 1.82) is 0 Å². The molecule has 1 unspecified atom stereocenters. The molecule has 1 atom stereocenters. The van der Waals surface area contributed by atoms with Gasteiger partial charge in [0.2, 0.25) is 0 Å². The molecule has 1 heterocycles. The van der Waals surface area contributed by atoms with Gasteiger partial charge in [0.25, 0.3) is 5.91 Å². The van der Waals surface area contributed by atoms with Crippen LogP contribution in [0.15, 0.2) is 35.6 Å². The molecule has 0 fully saturated rings. The SMILES string of the molecule is CCC(C)Oc1c(I)cc(C=NNC(=O)c2cccnc2Cl)cc1OC. The van der Waals surface area contributed by atoms with Crippen molar-refractivity contribution in [2.24, 2.45) is 5.10 Å². The van der Waals surface area contributed by atoms with Crippen LogP contribution in [-0.2, 0) is 0 Å². The minimum atomic E-state index is -0.433. The Bertz CT molecular complexity index is 814. The number of ether oxygens (including phenoxy) is 2. The van der Waals surface area contributed by atoms with E-state index in [1.54, 1.807) is 25.3 Å². The largest absolute Gasteiger partial charge is 0.493 e. The zero-order chi connectivity index (χ0) is 19.1. The number of carbonyl (C=O) groups excluding carboxylic acids is 1. The lowest BCUT2D eigenvalue weighted by molar-refractivity contribution is 0.0955. The number of nitrogens with zero attached hydrogens (tertiary/aromatic N) is 2. The minimum Gasteiger partial charge on any atom is -0.493 e. The number of nitrogens with one attached hydrogen (secondary N) is 1. The van der Waals surface area contributed by atoms with Gasteiger partial charge in [0.05, 0.1) is 28.6 Å². The summed E-state index contributed by atoms with van der Waals surface area (Å²) in [6, 6.07) is 6.90. The van der Waals surface area contributed by atoms with Crippen LogP contribution in [0.1, 0.15) is 36.2 Å². The van der Waals surface area contributed by atoms with Crippen molar-refractivity contribution in [2.45, 2.75) is 26.4 Å². The predicted molar refractivity (Wildman–Crippen MR) is 110 cm³/mol. The van der Waals surface area contributed by atoms with E-state index in [1.807, 2.05) is 13.0 Å². The van der Waals surface area contributed by atoms with E-state index in [0.29, 0.717) is 11.5 Å². The van der Waals surface area contributed by atoms with Gasteiger partial charge in [-0.2, -0.15) is 5.10 Å². The Kier molecular flexibility index (Phi) is 7.65. The van der Waals surface area contributed by atoms with Crippen LogP contribution >= 0.6 is 34.2 Å². The molecule has 1 aromatic heterocycles. The summed E-state index contributed by atoms with van der Waals surface area (Å²) in [4.78, 5) is 15.9. The number of hydrazone groups is 1. The predicted octanol–water partition coefficient (Wildman–Crippen LogP) is 4.29. The second kappa shape index (κ2) is 9.72. The lowest BCUT2D eigenvalue weighted by atomic mass is 10.2. The summed E-state index contributed by atoms with van der Waals surface area (Å²) >= 11 is 8.07. The van der Waals surface area contributed by atoms with Gasteiger partial charge in [-0.25, -0.2) is 10.4 Å². The fraction of sp³-hybridized carbons (Fsp3) is 0.278. The molecule has 1 amide bonds. The fourth-order valence-electron chi connectivity index (χ4n) is 1.99. The molecular formula is C18H19ClIN3O3. The third-order valence-electron chi connectivity index (χ3n) is 3.53. The summed E-state index contributed by atoms with van der Waals surface area (Å²) in [7, 11) is 1.59. The smallest absolute Gasteiger partial charge is 0.274 e. The molecule has 1 aromatic carbocycles. The molecule has 0 aliphatic rings. The Hall–Kier alpha value is -1.87. The first-order valence-corrected chi connectivity index (χ1v) is 9.40. The quantitative estimate of drug-likeness (QED) is 0.274. The van der Waals surface area contributed by atoms with Crippen molar-refractivity contribution < 1.29 is 14.3 Å². The second-order valence-electron chi connectivity index (χ2n) is 5.41. The second-order valence-corrected chi connectivity index (χ2v) is 6.93. The average molecular weight is 488 g/mol. The monoisotopic (exact) mass is 487 g/mol. The number of halogens is 2. The molecule has 8 heteroatoms. The molecule has 1 N–H and O–H groups in total. The number of hydrogen-bond donors (Lipinski definition) is 1. The van der Waals surface area contributed by atoms with Crippen LogP contribution in [0.5, 0.6) is 11.5 Å². The summed E-state index contributed by atoms with van der Waals surface area (Å²) in [5.74, 6) is 0.879. The van der Waals surface area contributed by atoms with E-state index in [-0.39, 0.29) is 16.8 Å². The standard InChI is InChI=1S/C18H19ClIN3O3/c1-4-11(2)26-16-14(20)8-12(9-15(16)25-3)10-22-23-18(24)13-6-5-7-21-17(13)19/h5-11H,4H2,1-3H3,(H,23,24). The van der Waals surface area contributed by atoms with Gasteiger partial charge in [-0.1, -0.05) is 18.5 Å². The van der Waals surface area contributed by atoms with Crippen molar-refractivity contribution in [1.82, 2.24) is 10.4 Å². The fourth-order valence-corrected chi connectivity index (χ4v) is 2.95. The van der Waals surface area contributed by atoms with E-state index in [9.17, 15) is 4.79 Å². The maximum atomic E-state index is 12.1. The Morgan fingerprint density at radius 3 is 2.92 bits per heavy atom. The van der Waals surface area contributed by atoms with Crippen molar-refractivity contribution >= 4 is 46.3 Å². The molecule has 0 saturated heterocycles. The third-order valence-corrected chi connectivity index (χ3v) is 4.63. The van der Waals surface area contributed by atoms with Gasteiger partial charge in [0.1, 0.15) is 5.15 Å². The topological polar surface area (TPSA) is 72.8 Å². The highest BCUT2D eigenvalue weighted by Gasteiger charge is 2.14. The zero-order valence-electron chi connectivity index (χ0n) is 14.6. The maximum Gasteiger partial charge on any atom is 0.274 e. The summed E-state index contributed by atoms with van der Waals surface area (Å²) in [6.45, 7) is 4.06. The van der Waals surface area contributed by atoms with E-state index < -0.39 is 5.91 Å². The zero-order valence-corrected chi connectivity index (χ0v) is 17.5. The molecular weight excluding hydrogens is 469 g/mol. The molecule has 6 nitrogen and oxygen atoms in total. The van der Waals surface area contributed by atoms with Crippen LogP contribution < -0.4 is 14.9 Å². The van der Waals surface area contributed by atoms with E-state index in [2.05, 4.69) is 45.0 Å². The minimum absolute atomic E-state index is 0.0838. The number of benzene rings is 1. The Morgan fingerprint density at radius 2 is 2.27 bits per heavy atom.